The number of aromatic hydroxyl groups is 1. The number of azo groups is 1. The van der Waals surface area contributed by atoms with Gasteiger partial charge >= 0.3 is 0 Å². The summed E-state index contributed by atoms with van der Waals surface area (Å²) < 4.78 is 2.26. The number of hydrogen-bond acceptors (Lipinski definition) is 4. The lowest BCUT2D eigenvalue weighted by atomic mass is 10.2. The number of hydrogen-bond donors (Lipinski definition) is 1. The van der Waals surface area contributed by atoms with E-state index in [2.05, 4.69) is 10.2 Å². The van der Waals surface area contributed by atoms with Gasteiger partial charge in [-0.2, -0.15) is 0 Å². The van der Waals surface area contributed by atoms with E-state index in [9.17, 15) is 5.11 Å². The predicted octanol–water partition coefficient (Wildman–Crippen LogP) is 5.67. The molecule has 3 rings (SSSR count). The van der Waals surface area contributed by atoms with Crippen LogP contribution < -0.4 is 0 Å². The van der Waals surface area contributed by atoms with Crippen molar-refractivity contribution < 1.29 is 5.11 Å². The van der Waals surface area contributed by atoms with Gasteiger partial charge in [-0.05, 0) is 30.8 Å². The molecular formula is C18H17N3OS2. The normalized spacial score (nSPS) is 11.4. The molecule has 1 heterocycles. The van der Waals surface area contributed by atoms with Gasteiger partial charge in [0.25, 0.3) is 0 Å². The summed E-state index contributed by atoms with van der Waals surface area (Å²) in [6.45, 7) is 2.64. The van der Waals surface area contributed by atoms with Crippen molar-refractivity contribution in [1.29, 1.82) is 0 Å². The Bertz CT molecular complexity index is 888. The lowest BCUT2D eigenvalue weighted by molar-refractivity contribution is 0.427. The number of aryl methyl sites for hydroxylation is 1. The Morgan fingerprint density at radius 2 is 1.83 bits per heavy atom. The van der Waals surface area contributed by atoms with Gasteiger partial charge in [-0.15, -0.1) is 10.2 Å². The quantitative estimate of drug-likeness (QED) is 0.484. The van der Waals surface area contributed by atoms with Crippen LogP contribution in [0.15, 0.2) is 64.8 Å². The van der Waals surface area contributed by atoms with Crippen LogP contribution in [0.2, 0.25) is 0 Å². The summed E-state index contributed by atoms with van der Waals surface area (Å²) in [5, 5.41) is 19.6. The minimum Gasteiger partial charge on any atom is -0.493 e. The maximum Gasteiger partial charge on any atom is 0.220 e. The summed E-state index contributed by atoms with van der Waals surface area (Å²) in [4.78, 5) is 0. The molecule has 0 unspecified atom stereocenters. The minimum absolute atomic E-state index is 0.123. The van der Waals surface area contributed by atoms with Crippen molar-refractivity contribution in [3.05, 3.63) is 60.2 Å². The van der Waals surface area contributed by atoms with Gasteiger partial charge < -0.3 is 9.67 Å². The molecule has 4 nitrogen and oxygen atoms in total. The fraction of sp³-hybridized carbons (Fsp3) is 0.167. The van der Waals surface area contributed by atoms with E-state index in [0.29, 0.717) is 16.6 Å². The van der Waals surface area contributed by atoms with Gasteiger partial charge in [-0.25, -0.2) is 0 Å². The number of rotatable bonds is 4. The summed E-state index contributed by atoms with van der Waals surface area (Å²) in [7, 11) is 0. The van der Waals surface area contributed by atoms with Crippen LogP contribution in [0.3, 0.4) is 0 Å². The molecule has 0 fully saturated rings. The zero-order valence-corrected chi connectivity index (χ0v) is 14.8. The second-order valence-electron chi connectivity index (χ2n) is 5.17. The van der Waals surface area contributed by atoms with Crippen LogP contribution in [-0.2, 0) is 12.3 Å². The molecule has 1 N–H and O–H groups in total. The van der Waals surface area contributed by atoms with Crippen LogP contribution in [0.4, 0.5) is 5.69 Å². The monoisotopic (exact) mass is 355 g/mol. The molecule has 0 radical (unpaired) electrons. The number of nitrogens with zero attached hydrogens (tertiary/aromatic N) is 3. The summed E-state index contributed by atoms with van der Waals surface area (Å²) in [5.74, 6) is 0.875. The topological polar surface area (TPSA) is 49.9 Å². The smallest absolute Gasteiger partial charge is 0.220 e. The van der Waals surface area contributed by atoms with Crippen molar-refractivity contribution in [2.24, 2.45) is 10.2 Å². The lowest BCUT2D eigenvalue weighted by Gasteiger charge is -2.01. The third-order valence-electron chi connectivity index (χ3n) is 3.67. The number of benzene rings is 2. The molecule has 0 aliphatic carbocycles. The van der Waals surface area contributed by atoms with Crippen molar-refractivity contribution >= 4 is 44.9 Å². The fourth-order valence-corrected chi connectivity index (χ4v) is 3.33. The Labute approximate surface area is 150 Å². The highest BCUT2D eigenvalue weighted by atomic mass is 32.2. The Morgan fingerprint density at radius 3 is 2.58 bits per heavy atom. The molecule has 3 aromatic rings. The Balaban J connectivity index is 1.78. The Morgan fingerprint density at radius 1 is 1.12 bits per heavy atom. The molecule has 0 atom stereocenters. The van der Waals surface area contributed by atoms with Crippen LogP contribution in [0.25, 0.3) is 10.9 Å². The fourth-order valence-electron chi connectivity index (χ4n) is 2.53. The zero-order valence-electron chi connectivity index (χ0n) is 13.2. The van der Waals surface area contributed by atoms with Gasteiger partial charge in [-0.1, -0.05) is 60.3 Å². The van der Waals surface area contributed by atoms with E-state index in [1.807, 2.05) is 66.1 Å². The molecule has 0 aliphatic rings. The van der Waals surface area contributed by atoms with E-state index in [-0.39, 0.29) is 5.88 Å². The van der Waals surface area contributed by atoms with Gasteiger partial charge in [0, 0.05) is 17.7 Å². The first-order chi connectivity index (χ1) is 11.7. The average Bonchev–Trinajstić information content (AvgIpc) is 2.90. The van der Waals surface area contributed by atoms with Crippen molar-refractivity contribution in [1.82, 2.24) is 4.57 Å². The molecule has 1 aromatic heterocycles. The van der Waals surface area contributed by atoms with Gasteiger partial charge in [-0.3, -0.25) is 0 Å². The molecule has 0 amide bonds. The molecule has 0 spiro atoms. The predicted molar refractivity (Wildman–Crippen MR) is 104 cm³/mol. The van der Waals surface area contributed by atoms with Gasteiger partial charge in [0.1, 0.15) is 0 Å². The van der Waals surface area contributed by atoms with Crippen molar-refractivity contribution in [2.45, 2.75) is 19.2 Å². The van der Waals surface area contributed by atoms with Crippen LogP contribution in [0.1, 0.15) is 12.5 Å². The number of aromatic nitrogens is 1. The van der Waals surface area contributed by atoms with Crippen molar-refractivity contribution in [3.8, 4) is 5.88 Å². The molecule has 24 heavy (non-hydrogen) atoms. The van der Waals surface area contributed by atoms with E-state index in [0.717, 1.165) is 16.7 Å². The third-order valence-corrected chi connectivity index (χ3v) is 4.91. The van der Waals surface area contributed by atoms with Crippen LogP contribution in [0.5, 0.6) is 5.88 Å². The average molecular weight is 355 g/mol. The van der Waals surface area contributed by atoms with Crippen LogP contribution >= 0.6 is 24.0 Å². The van der Waals surface area contributed by atoms with Crippen LogP contribution in [0, 0.1) is 0 Å². The molecular weight excluding hydrogens is 338 g/mol. The van der Waals surface area contributed by atoms with E-state index in [4.69, 9.17) is 12.2 Å². The first kappa shape index (κ1) is 16.7. The highest BCUT2D eigenvalue weighted by Crippen LogP contribution is 2.38. The van der Waals surface area contributed by atoms with Crippen molar-refractivity contribution in [2.75, 3.05) is 0 Å². The Kier molecular flexibility index (Phi) is 5.27. The maximum atomic E-state index is 10.4. The second kappa shape index (κ2) is 7.59. The molecule has 0 saturated carbocycles. The molecule has 0 aliphatic heterocycles. The van der Waals surface area contributed by atoms with E-state index in [1.165, 1.54) is 17.3 Å². The summed E-state index contributed by atoms with van der Waals surface area (Å²) in [6.07, 6.45) is 0. The second-order valence-corrected chi connectivity index (χ2v) is 6.78. The highest BCUT2D eigenvalue weighted by molar-refractivity contribution is 8.22. The SMILES string of the molecule is CCn1c(O)c(N=NC(=S)SCc2ccccc2)c2ccccc21. The number of thiocarbonyl (C=S) groups is 1. The summed E-state index contributed by atoms with van der Waals surface area (Å²) >= 11 is 6.72. The summed E-state index contributed by atoms with van der Waals surface area (Å²) in [5.41, 5.74) is 2.59. The number of fused-ring (bicyclic) bond motifs is 1. The first-order valence-corrected chi connectivity index (χ1v) is 9.02. The minimum atomic E-state index is 0.123. The van der Waals surface area contributed by atoms with Gasteiger partial charge in [0.15, 0.2) is 10.0 Å². The van der Waals surface area contributed by atoms with E-state index in [1.54, 1.807) is 0 Å². The number of para-hydroxylation sites is 1. The van der Waals surface area contributed by atoms with Crippen molar-refractivity contribution in [3.63, 3.8) is 0 Å². The van der Waals surface area contributed by atoms with E-state index < -0.39 is 0 Å². The highest BCUT2D eigenvalue weighted by Gasteiger charge is 2.15. The molecule has 0 saturated heterocycles. The lowest BCUT2D eigenvalue weighted by Crippen LogP contribution is -1.91. The molecule has 122 valence electrons. The third kappa shape index (κ3) is 3.49. The summed E-state index contributed by atoms with van der Waals surface area (Å²) in [6, 6.07) is 17.8. The standard InChI is InChI=1S/C18H17N3OS2/c1-2-21-15-11-7-6-10-14(15)16(17(21)22)19-20-18(23)24-12-13-8-4-3-5-9-13/h3-11,22H,2,12H2,1H3. The molecule has 2 aromatic carbocycles. The molecule has 6 heteroatoms. The first-order valence-electron chi connectivity index (χ1n) is 7.63. The molecule has 0 bridgehead atoms. The number of thioether (sulfide) groups is 1. The van der Waals surface area contributed by atoms with E-state index >= 15 is 0 Å². The van der Waals surface area contributed by atoms with Gasteiger partial charge in [0.2, 0.25) is 5.88 Å². The Hall–Kier alpha value is -2.18. The zero-order chi connectivity index (χ0) is 16.9. The van der Waals surface area contributed by atoms with Gasteiger partial charge in [0.05, 0.1) is 5.52 Å². The largest absolute Gasteiger partial charge is 0.493 e. The maximum absolute atomic E-state index is 10.4. The van der Waals surface area contributed by atoms with Crippen LogP contribution in [-0.4, -0.2) is 14.0 Å².